The molecule has 0 radical (unpaired) electrons. The number of amides is 2. The third-order valence-corrected chi connectivity index (χ3v) is 4.53. The fourth-order valence-corrected chi connectivity index (χ4v) is 3.07. The molecule has 0 bridgehead atoms. The maximum atomic E-state index is 14.0. The molecule has 0 atom stereocenters. The van der Waals surface area contributed by atoms with E-state index >= 15 is 0 Å². The van der Waals surface area contributed by atoms with Gasteiger partial charge in [0.1, 0.15) is 17.2 Å². The van der Waals surface area contributed by atoms with Crippen LogP contribution in [0.5, 0.6) is 23.0 Å². The van der Waals surface area contributed by atoms with Gasteiger partial charge >= 0.3 is 12.5 Å². The number of ether oxygens (including phenoxy) is 3. The molecule has 37 heavy (non-hydrogen) atoms. The zero-order valence-electron chi connectivity index (χ0n) is 21.5. The minimum atomic E-state index is -5.16. The van der Waals surface area contributed by atoms with E-state index in [1.165, 1.54) is 6.92 Å². The number of aryl methyl sites for hydroxylation is 1. The molecule has 1 aromatic heterocycles. The highest BCUT2D eigenvalue weighted by Gasteiger charge is 2.38. The average molecular weight is 532 g/mol. The number of halogens is 6. The Morgan fingerprint density at radius 2 is 1.73 bits per heavy atom. The Bertz CT molecular complexity index is 1430. The molecule has 8 nitrogen and oxygen atoms in total. The second-order valence-corrected chi connectivity index (χ2v) is 7.29. The molecule has 0 aliphatic carbocycles. The first-order chi connectivity index (χ1) is 18.3. The molecule has 14 heteroatoms. The normalized spacial score (nSPS) is 13.1. The molecule has 196 valence electrons. The number of methoxy groups -OCH3 is 1. The van der Waals surface area contributed by atoms with Crippen LogP contribution in [0, 0.1) is 6.92 Å². The molecule has 2 amide bonds. The molecular weight excluding hydrogens is 512 g/mol. The lowest BCUT2D eigenvalue weighted by molar-refractivity contribution is -0.274. The molecule has 1 heterocycles. The standard InChI is InChI=1S/C23H17F6N3O5/c1-11-7-14(22(24,25)26)19(21(34)32-12-3-5-15(20(30)33)31-10-12)18(8-11)36-16-6-4-13(9-17(16)35-2)37-23(27,28)29/h3-10H,1-2H3,(H2,30,33)(H,32,34)/i2D3. The molecular formula is C23H17F6N3O5. The number of pyridine rings is 1. The van der Waals surface area contributed by atoms with Gasteiger partial charge in [0.05, 0.1) is 34.2 Å². The quantitative estimate of drug-likeness (QED) is 0.391. The molecule has 2 aromatic carbocycles. The fourth-order valence-electron chi connectivity index (χ4n) is 3.07. The number of alkyl halides is 6. The second-order valence-electron chi connectivity index (χ2n) is 7.29. The largest absolute Gasteiger partial charge is 0.573 e. The number of carbonyl (C=O) groups is 2. The van der Waals surface area contributed by atoms with Crippen LogP contribution in [0.1, 0.15) is 36.1 Å². The molecule has 0 aliphatic heterocycles. The van der Waals surface area contributed by atoms with Gasteiger partial charge in [-0.1, -0.05) is 0 Å². The molecule has 0 unspecified atom stereocenters. The van der Waals surface area contributed by atoms with Gasteiger partial charge in [0.15, 0.2) is 11.5 Å². The second kappa shape index (κ2) is 10.2. The Hall–Kier alpha value is -4.49. The van der Waals surface area contributed by atoms with E-state index in [1.807, 2.05) is 0 Å². The minimum absolute atomic E-state index is 0.0401. The van der Waals surface area contributed by atoms with Crippen molar-refractivity contribution in [3.8, 4) is 23.0 Å². The third kappa shape index (κ3) is 6.80. The van der Waals surface area contributed by atoms with Crippen LogP contribution in [-0.4, -0.2) is 30.2 Å². The summed E-state index contributed by atoms with van der Waals surface area (Å²) in [4.78, 5) is 27.9. The summed E-state index contributed by atoms with van der Waals surface area (Å²) < 4.78 is 116. The zero-order valence-corrected chi connectivity index (χ0v) is 18.5. The van der Waals surface area contributed by atoms with Gasteiger partial charge in [-0.2, -0.15) is 13.2 Å². The molecule has 0 saturated carbocycles. The summed E-state index contributed by atoms with van der Waals surface area (Å²) in [6, 6.07) is 5.87. The summed E-state index contributed by atoms with van der Waals surface area (Å²) in [5.74, 6) is -5.41. The predicted octanol–water partition coefficient (Wildman–Crippen LogP) is 5.46. The fraction of sp³-hybridized carbons (Fsp3) is 0.174. The Balaban J connectivity index is 2.11. The monoisotopic (exact) mass is 532 g/mol. The molecule has 0 saturated heterocycles. The number of nitrogens with two attached hydrogens (primary N) is 1. The van der Waals surface area contributed by atoms with E-state index in [1.54, 1.807) is 0 Å². The van der Waals surface area contributed by atoms with Gasteiger partial charge in [-0.25, -0.2) is 4.98 Å². The summed E-state index contributed by atoms with van der Waals surface area (Å²) >= 11 is 0. The van der Waals surface area contributed by atoms with Crippen LogP contribution in [0.4, 0.5) is 32.0 Å². The van der Waals surface area contributed by atoms with Crippen LogP contribution >= 0.6 is 0 Å². The first-order valence-corrected chi connectivity index (χ1v) is 9.88. The van der Waals surface area contributed by atoms with Gasteiger partial charge < -0.3 is 25.3 Å². The van der Waals surface area contributed by atoms with Crippen LogP contribution in [0.25, 0.3) is 0 Å². The molecule has 0 spiro atoms. The van der Waals surface area contributed by atoms with Crippen LogP contribution in [-0.2, 0) is 6.18 Å². The van der Waals surface area contributed by atoms with Gasteiger partial charge in [0, 0.05) is 6.07 Å². The smallest absolute Gasteiger partial charge is 0.493 e. The summed E-state index contributed by atoms with van der Waals surface area (Å²) in [6.07, 6.45) is -9.29. The van der Waals surface area contributed by atoms with Crippen molar-refractivity contribution >= 4 is 17.5 Å². The summed E-state index contributed by atoms with van der Waals surface area (Å²) in [5, 5.41) is 2.17. The van der Waals surface area contributed by atoms with Crippen LogP contribution in [0.2, 0.25) is 0 Å². The first-order valence-electron chi connectivity index (χ1n) is 11.4. The van der Waals surface area contributed by atoms with Crippen LogP contribution in [0.15, 0.2) is 48.7 Å². The van der Waals surface area contributed by atoms with Gasteiger partial charge in [0.2, 0.25) is 0 Å². The van der Waals surface area contributed by atoms with Gasteiger partial charge in [-0.3, -0.25) is 9.59 Å². The Morgan fingerprint density at radius 1 is 1.00 bits per heavy atom. The van der Waals surface area contributed by atoms with Crippen LogP contribution in [0.3, 0.4) is 0 Å². The number of nitrogens with one attached hydrogen (secondary N) is 1. The minimum Gasteiger partial charge on any atom is -0.493 e. The highest BCUT2D eigenvalue weighted by atomic mass is 19.4. The number of rotatable bonds is 7. The summed E-state index contributed by atoms with van der Waals surface area (Å²) in [7, 11) is -3.22. The highest BCUT2D eigenvalue weighted by molar-refractivity contribution is 6.07. The highest BCUT2D eigenvalue weighted by Crippen LogP contribution is 2.42. The van der Waals surface area contributed by atoms with Crippen molar-refractivity contribution in [3.63, 3.8) is 0 Å². The molecule has 3 N–H and O–H groups in total. The maximum Gasteiger partial charge on any atom is 0.573 e. The number of primary amides is 1. The van der Waals surface area contributed by atoms with Crippen molar-refractivity contribution in [2.24, 2.45) is 5.73 Å². The lowest BCUT2D eigenvalue weighted by Crippen LogP contribution is -2.20. The lowest BCUT2D eigenvalue weighted by Gasteiger charge is -2.19. The number of carbonyl (C=O) groups excluding carboxylic acids is 2. The van der Waals surface area contributed by atoms with Crippen molar-refractivity contribution in [3.05, 3.63) is 71.0 Å². The van der Waals surface area contributed by atoms with E-state index in [9.17, 15) is 35.9 Å². The van der Waals surface area contributed by atoms with E-state index in [2.05, 4.69) is 19.8 Å². The molecule has 0 aliphatic rings. The van der Waals surface area contributed by atoms with Crippen LogP contribution < -0.4 is 25.3 Å². The Labute approximate surface area is 209 Å². The number of hydrogen-bond acceptors (Lipinski definition) is 6. The first kappa shape index (κ1) is 22.9. The number of aromatic nitrogens is 1. The van der Waals surface area contributed by atoms with Crippen molar-refractivity contribution < 1.29 is 54.3 Å². The van der Waals surface area contributed by atoms with Gasteiger partial charge in [-0.05, 0) is 48.9 Å². The number of benzene rings is 2. The van der Waals surface area contributed by atoms with E-state index in [4.69, 9.17) is 14.6 Å². The lowest BCUT2D eigenvalue weighted by atomic mass is 10.0. The Kier molecular flexibility index (Phi) is 6.35. The molecule has 0 fully saturated rings. The van der Waals surface area contributed by atoms with Gasteiger partial charge in [0.25, 0.3) is 11.8 Å². The van der Waals surface area contributed by atoms with E-state index in [0.717, 1.165) is 30.5 Å². The SMILES string of the molecule is [2H]C([2H])([2H])Oc1cc(OC(F)(F)F)ccc1Oc1cc(C)cc(C(F)(F)F)c1C(=O)Nc1ccc(C(N)=O)nc1. The predicted molar refractivity (Wildman–Crippen MR) is 117 cm³/mol. The van der Waals surface area contributed by atoms with E-state index in [-0.39, 0.29) is 16.9 Å². The average Bonchev–Trinajstić information content (AvgIpc) is 2.78. The van der Waals surface area contributed by atoms with E-state index in [0.29, 0.717) is 18.2 Å². The molecule has 3 rings (SSSR count). The molecule has 3 aromatic rings. The zero-order chi connectivity index (χ0) is 30.0. The summed E-state index contributed by atoms with van der Waals surface area (Å²) in [5.41, 5.74) is 2.22. The Morgan fingerprint density at radius 3 is 2.30 bits per heavy atom. The van der Waals surface area contributed by atoms with Crippen molar-refractivity contribution in [1.29, 1.82) is 0 Å². The topological polar surface area (TPSA) is 113 Å². The van der Waals surface area contributed by atoms with Crippen molar-refractivity contribution in [2.45, 2.75) is 19.5 Å². The van der Waals surface area contributed by atoms with Crippen molar-refractivity contribution in [1.82, 2.24) is 4.98 Å². The van der Waals surface area contributed by atoms with E-state index < -0.39 is 65.5 Å². The van der Waals surface area contributed by atoms with Gasteiger partial charge in [-0.15, -0.1) is 13.2 Å². The number of anilines is 1. The third-order valence-electron chi connectivity index (χ3n) is 4.53. The summed E-state index contributed by atoms with van der Waals surface area (Å²) in [6.45, 7) is 1.25. The number of nitrogens with zero attached hydrogens (tertiary/aromatic N) is 1. The number of hydrogen-bond donors (Lipinski definition) is 2. The maximum absolute atomic E-state index is 14.0. The van der Waals surface area contributed by atoms with Crippen molar-refractivity contribution in [2.75, 3.05) is 12.4 Å².